The average Bonchev–Trinajstić information content (AvgIpc) is 2.69. The lowest BCUT2D eigenvalue weighted by Gasteiger charge is -2.35. The van der Waals surface area contributed by atoms with Gasteiger partial charge in [0.1, 0.15) is 11.4 Å². The lowest BCUT2D eigenvalue weighted by molar-refractivity contribution is 0.102. The summed E-state index contributed by atoms with van der Waals surface area (Å²) in [5.74, 6) is 1.03. The lowest BCUT2D eigenvalue weighted by atomic mass is 10.0. The van der Waals surface area contributed by atoms with E-state index in [0.29, 0.717) is 29.1 Å². The maximum absolute atomic E-state index is 12.8. The van der Waals surface area contributed by atoms with Gasteiger partial charge >= 0.3 is 0 Å². The van der Waals surface area contributed by atoms with E-state index in [0.717, 1.165) is 25.8 Å². The number of hydrogen-bond donors (Lipinski definition) is 1. The van der Waals surface area contributed by atoms with Gasteiger partial charge < -0.3 is 15.0 Å². The van der Waals surface area contributed by atoms with Gasteiger partial charge in [0, 0.05) is 18.8 Å². The first kappa shape index (κ1) is 19.1. The zero-order valence-corrected chi connectivity index (χ0v) is 16.3. The van der Waals surface area contributed by atoms with Crippen LogP contribution >= 0.6 is 0 Å². The van der Waals surface area contributed by atoms with Crippen molar-refractivity contribution in [1.29, 1.82) is 0 Å². The number of piperidine rings is 1. The van der Waals surface area contributed by atoms with Gasteiger partial charge in [-0.1, -0.05) is 19.1 Å². The second kappa shape index (κ2) is 8.84. The summed E-state index contributed by atoms with van der Waals surface area (Å²) in [6.45, 7) is 7.04. The first-order valence-corrected chi connectivity index (χ1v) is 9.75. The SMILES string of the molecule is CCC1CCCCN1c1nccc(C(=O)Nc2ccccc2OC(C)C)n1. The van der Waals surface area contributed by atoms with Gasteiger partial charge in [0.2, 0.25) is 5.95 Å². The van der Waals surface area contributed by atoms with E-state index in [9.17, 15) is 4.79 Å². The van der Waals surface area contributed by atoms with Gasteiger partial charge in [-0.2, -0.15) is 0 Å². The molecule has 0 saturated carbocycles. The number of rotatable bonds is 6. The van der Waals surface area contributed by atoms with Crippen molar-refractivity contribution in [2.45, 2.75) is 58.6 Å². The van der Waals surface area contributed by atoms with Crippen LogP contribution in [0, 0.1) is 0 Å². The largest absolute Gasteiger partial charge is 0.489 e. The molecule has 144 valence electrons. The number of anilines is 2. The minimum Gasteiger partial charge on any atom is -0.489 e. The summed E-state index contributed by atoms with van der Waals surface area (Å²) in [6.07, 6.45) is 6.27. The molecule has 0 radical (unpaired) electrons. The van der Waals surface area contributed by atoms with Crippen LogP contribution in [0.4, 0.5) is 11.6 Å². The molecule has 1 amide bonds. The zero-order chi connectivity index (χ0) is 19.2. The Morgan fingerprint density at radius 3 is 2.89 bits per heavy atom. The van der Waals surface area contributed by atoms with Crippen LogP contribution in [0.1, 0.15) is 56.9 Å². The number of nitrogens with one attached hydrogen (secondary N) is 1. The van der Waals surface area contributed by atoms with Gasteiger partial charge in [0.05, 0.1) is 11.8 Å². The van der Waals surface area contributed by atoms with Gasteiger partial charge in [-0.15, -0.1) is 0 Å². The first-order chi connectivity index (χ1) is 13.1. The molecule has 6 heteroatoms. The third-order valence-corrected chi connectivity index (χ3v) is 4.73. The second-order valence-electron chi connectivity index (χ2n) is 7.11. The molecule has 0 bridgehead atoms. The van der Waals surface area contributed by atoms with E-state index in [4.69, 9.17) is 4.74 Å². The summed E-state index contributed by atoms with van der Waals surface area (Å²) in [5.41, 5.74) is 1.00. The summed E-state index contributed by atoms with van der Waals surface area (Å²) in [5, 5.41) is 2.91. The van der Waals surface area contributed by atoms with E-state index in [2.05, 4.69) is 27.1 Å². The minimum atomic E-state index is -0.261. The van der Waals surface area contributed by atoms with Gasteiger partial charge in [-0.05, 0) is 57.7 Å². The number of aromatic nitrogens is 2. The average molecular weight is 368 g/mol. The fourth-order valence-corrected chi connectivity index (χ4v) is 3.41. The molecule has 0 aliphatic carbocycles. The predicted octanol–water partition coefficient (Wildman–Crippen LogP) is 4.29. The van der Waals surface area contributed by atoms with Crippen LogP contribution in [0.5, 0.6) is 5.75 Å². The predicted molar refractivity (Wildman–Crippen MR) is 107 cm³/mol. The number of carbonyl (C=O) groups is 1. The Kier molecular flexibility index (Phi) is 6.27. The van der Waals surface area contributed by atoms with E-state index in [1.165, 1.54) is 6.42 Å². The molecule has 1 aromatic carbocycles. The van der Waals surface area contributed by atoms with E-state index >= 15 is 0 Å². The normalized spacial score (nSPS) is 17.0. The highest BCUT2D eigenvalue weighted by Crippen LogP contribution is 2.26. The number of para-hydroxylation sites is 2. The van der Waals surface area contributed by atoms with Crippen molar-refractivity contribution < 1.29 is 9.53 Å². The summed E-state index contributed by atoms with van der Waals surface area (Å²) >= 11 is 0. The Balaban J connectivity index is 1.78. The molecule has 27 heavy (non-hydrogen) atoms. The fraction of sp³-hybridized carbons (Fsp3) is 0.476. The molecule has 1 saturated heterocycles. The van der Waals surface area contributed by atoms with E-state index < -0.39 is 0 Å². The van der Waals surface area contributed by atoms with Crippen molar-refractivity contribution in [2.24, 2.45) is 0 Å². The highest BCUT2D eigenvalue weighted by Gasteiger charge is 2.24. The van der Waals surface area contributed by atoms with Crippen LogP contribution in [0.25, 0.3) is 0 Å². The number of carbonyl (C=O) groups excluding carboxylic acids is 1. The molecular weight excluding hydrogens is 340 g/mol. The van der Waals surface area contributed by atoms with Crippen molar-refractivity contribution in [3.8, 4) is 5.75 Å². The molecule has 6 nitrogen and oxygen atoms in total. The Bertz CT molecular complexity index is 778. The quantitative estimate of drug-likeness (QED) is 0.824. The van der Waals surface area contributed by atoms with Crippen molar-refractivity contribution in [3.63, 3.8) is 0 Å². The summed E-state index contributed by atoms with van der Waals surface area (Å²) < 4.78 is 5.77. The van der Waals surface area contributed by atoms with Crippen molar-refractivity contribution in [1.82, 2.24) is 9.97 Å². The molecule has 1 atom stereocenters. The number of ether oxygens (including phenoxy) is 1. The van der Waals surface area contributed by atoms with Crippen LogP contribution in [-0.2, 0) is 0 Å². The molecule has 1 aliphatic heterocycles. The molecule has 1 unspecified atom stereocenters. The minimum absolute atomic E-state index is 0.0267. The molecule has 3 rings (SSSR count). The standard InChI is InChI=1S/C21H28N4O2/c1-4-16-9-7-8-14-25(16)21-22-13-12-18(24-21)20(26)23-17-10-5-6-11-19(17)27-15(2)3/h5-6,10-13,15-16H,4,7-9,14H2,1-3H3,(H,23,26). The van der Waals surface area contributed by atoms with Crippen LogP contribution < -0.4 is 15.0 Å². The third kappa shape index (κ3) is 4.76. The van der Waals surface area contributed by atoms with Gasteiger partial charge in [0.15, 0.2) is 0 Å². The van der Waals surface area contributed by atoms with E-state index in [1.807, 2.05) is 38.1 Å². The summed E-state index contributed by atoms with van der Waals surface area (Å²) in [4.78, 5) is 24.0. The van der Waals surface area contributed by atoms with E-state index in [-0.39, 0.29) is 12.0 Å². The van der Waals surface area contributed by atoms with Crippen molar-refractivity contribution >= 4 is 17.5 Å². The first-order valence-electron chi connectivity index (χ1n) is 9.75. The Labute approximate surface area is 161 Å². The van der Waals surface area contributed by atoms with Gasteiger partial charge in [0.25, 0.3) is 5.91 Å². The molecule has 1 fully saturated rings. The molecular formula is C21H28N4O2. The highest BCUT2D eigenvalue weighted by molar-refractivity contribution is 6.03. The van der Waals surface area contributed by atoms with E-state index in [1.54, 1.807) is 12.3 Å². The Morgan fingerprint density at radius 2 is 2.11 bits per heavy atom. The monoisotopic (exact) mass is 368 g/mol. The topological polar surface area (TPSA) is 67.4 Å². The summed E-state index contributed by atoms with van der Waals surface area (Å²) in [6, 6.07) is 9.52. The van der Waals surface area contributed by atoms with Crippen LogP contribution in [-0.4, -0.2) is 34.6 Å². The summed E-state index contributed by atoms with van der Waals surface area (Å²) in [7, 11) is 0. The van der Waals surface area contributed by atoms with Gasteiger partial charge in [-0.25, -0.2) is 9.97 Å². The maximum atomic E-state index is 12.8. The number of benzene rings is 1. The smallest absolute Gasteiger partial charge is 0.274 e. The van der Waals surface area contributed by atoms with Gasteiger partial charge in [-0.3, -0.25) is 4.79 Å². The molecule has 2 aromatic rings. The van der Waals surface area contributed by atoms with Crippen LogP contribution in [0.15, 0.2) is 36.5 Å². The van der Waals surface area contributed by atoms with Crippen LogP contribution in [0.3, 0.4) is 0 Å². The molecule has 2 heterocycles. The Hall–Kier alpha value is -2.63. The maximum Gasteiger partial charge on any atom is 0.274 e. The zero-order valence-electron chi connectivity index (χ0n) is 16.3. The molecule has 1 N–H and O–H groups in total. The second-order valence-corrected chi connectivity index (χ2v) is 7.11. The fourth-order valence-electron chi connectivity index (χ4n) is 3.41. The number of nitrogens with zero attached hydrogens (tertiary/aromatic N) is 3. The Morgan fingerprint density at radius 1 is 1.30 bits per heavy atom. The number of hydrogen-bond acceptors (Lipinski definition) is 5. The molecule has 1 aromatic heterocycles. The number of amides is 1. The molecule has 1 aliphatic rings. The lowest BCUT2D eigenvalue weighted by Crippen LogP contribution is -2.40. The van der Waals surface area contributed by atoms with Crippen molar-refractivity contribution in [2.75, 3.05) is 16.8 Å². The highest BCUT2D eigenvalue weighted by atomic mass is 16.5. The molecule has 0 spiro atoms. The third-order valence-electron chi connectivity index (χ3n) is 4.73. The van der Waals surface area contributed by atoms with Crippen molar-refractivity contribution in [3.05, 3.63) is 42.2 Å². The van der Waals surface area contributed by atoms with Crippen LogP contribution in [0.2, 0.25) is 0 Å².